The van der Waals surface area contributed by atoms with E-state index in [0.29, 0.717) is 16.3 Å². The average Bonchev–Trinajstić information content (AvgIpc) is 2.46. The molecule has 0 bridgehead atoms. The molecule has 0 saturated heterocycles. The first-order valence-electron chi connectivity index (χ1n) is 5.99. The Balaban J connectivity index is 2.11. The number of ether oxygens (including phenoxy) is 2. The van der Waals surface area contributed by atoms with E-state index in [-0.39, 0.29) is 12.2 Å². The van der Waals surface area contributed by atoms with Gasteiger partial charge in [0.05, 0.1) is 17.1 Å². The van der Waals surface area contributed by atoms with E-state index in [1.54, 1.807) is 31.4 Å². The molecule has 6 heteroatoms. The quantitative estimate of drug-likeness (QED) is 0.847. The van der Waals surface area contributed by atoms with Crippen molar-refractivity contribution in [3.8, 4) is 11.5 Å². The van der Waals surface area contributed by atoms with Gasteiger partial charge in [-0.15, -0.1) is 0 Å². The van der Waals surface area contributed by atoms with Crippen LogP contribution in [-0.4, -0.2) is 18.2 Å². The van der Waals surface area contributed by atoms with Gasteiger partial charge in [0.25, 0.3) is 0 Å². The van der Waals surface area contributed by atoms with Crippen LogP contribution in [0.15, 0.2) is 40.9 Å². The molecule has 21 heavy (non-hydrogen) atoms. The summed E-state index contributed by atoms with van der Waals surface area (Å²) in [6.07, 6.45) is 0. The lowest BCUT2D eigenvalue weighted by Gasteiger charge is -2.11. The number of hydrogen-bond acceptors (Lipinski definition) is 3. The van der Waals surface area contributed by atoms with Crippen molar-refractivity contribution in [2.45, 2.75) is 6.61 Å². The van der Waals surface area contributed by atoms with Gasteiger partial charge >= 0.3 is 5.97 Å². The van der Waals surface area contributed by atoms with E-state index in [2.05, 4.69) is 15.9 Å². The minimum Gasteiger partial charge on any atom is -0.497 e. The molecule has 2 aromatic carbocycles. The number of hydrogen-bond donors (Lipinski definition) is 1. The molecule has 0 unspecified atom stereocenters. The van der Waals surface area contributed by atoms with Crippen molar-refractivity contribution in [1.29, 1.82) is 0 Å². The Bertz CT molecular complexity index is 673. The molecule has 0 saturated carbocycles. The first-order valence-corrected chi connectivity index (χ1v) is 7.16. The lowest BCUT2D eigenvalue weighted by Crippen LogP contribution is -2.00. The number of benzene rings is 2. The Kier molecular flexibility index (Phi) is 5.09. The van der Waals surface area contributed by atoms with Gasteiger partial charge in [-0.3, -0.25) is 0 Å². The topological polar surface area (TPSA) is 55.8 Å². The second kappa shape index (κ2) is 6.83. The minimum absolute atomic E-state index is 0.148. The number of carboxylic acids is 1. The highest BCUT2D eigenvalue weighted by atomic mass is 79.9. The Morgan fingerprint density at radius 2 is 2.05 bits per heavy atom. The first-order chi connectivity index (χ1) is 10.0. The third-order valence-electron chi connectivity index (χ3n) is 2.82. The lowest BCUT2D eigenvalue weighted by atomic mass is 10.1. The number of rotatable bonds is 5. The third-order valence-corrected chi connectivity index (χ3v) is 3.79. The fourth-order valence-corrected chi connectivity index (χ4v) is 2.39. The lowest BCUT2D eigenvalue weighted by molar-refractivity contribution is 0.0697. The molecule has 0 aliphatic heterocycles. The summed E-state index contributed by atoms with van der Waals surface area (Å²) in [6.45, 7) is 0.240. The zero-order valence-electron chi connectivity index (χ0n) is 11.1. The SMILES string of the molecule is COc1ccc(OCc2ccc(C(=O)O)cc2Cl)c(Br)c1. The summed E-state index contributed by atoms with van der Waals surface area (Å²) < 4.78 is 11.5. The monoisotopic (exact) mass is 370 g/mol. The number of methoxy groups -OCH3 is 1. The van der Waals surface area contributed by atoms with Crippen LogP contribution in [0.1, 0.15) is 15.9 Å². The Morgan fingerprint density at radius 3 is 2.62 bits per heavy atom. The Hall–Kier alpha value is -1.72. The van der Waals surface area contributed by atoms with Gasteiger partial charge in [-0.2, -0.15) is 0 Å². The predicted molar refractivity (Wildman–Crippen MR) is 83.4 cm³/mol. The van der Waals surface area contributed by atoms with Gasteiger partial charge in [-0.1, -0.05) is 17.7 Å². The Morgan fingerprint density at radius 1 is 1.29 bits per heavy atom. The average molecular weight is 372 g/mol. The van der Waals surface area contributed by atoms with Crippen LogP contribution in [0.3, 0.4) is 0 Å². The summed E-state index contributed by atoms with van der Waals surface area (Å²) in [5.41, 5.74) is 0.860. The highest BCUT2D eigenvalue weighted by molar-refractivity contribution is 9.10. The summed E-state index contributed by atoms with van der Waals surface area (Å²) in [7, 11) is 1.59. The number of carboxylic acid groups (broad SMARTS) is 1. The van der Waals surface area contributed by atoms with Gasteiger partial charge in [0.2, 0.25) is 0 Å². The van der Waals surface area contributed by atoms with Crippen molar-refractivity contribution < 1.29 is 19.4 Å². The molecule has 0 aromatic heterocycles. The van der Waals surface area contributed by atoms with E-state index in [4.69, 9.17) is 26.2 Å². The Labute approximate surface area is 135 Å². The standard InChI is InChI=1S/C15H12BrClO4/c1-20-11-4-5-14(12(16)7-11)21-8-10-3-2-9(15(18)19)6-13(10)17/h2-7H,8H2,1H3,(H,18,19). The molecule has 2 aromatic rings. The van der Waals surface area contributed by atoms with E-state index in [1.807, 2.05) is 0 Å². The number of halogens is 2. The fraction of sp³-hybridized carbons (Fsp3) is 0.133. The second-order valence-corrected chi connectivity index (χ2v) is 5.46. The van der Waals surface area contributed by atoms with Crippen LogP contribution in [0.5, 0.6) is 11.5 Å². The molecular weight excluding hydrogens is 360 g/mol. The van der Waals surface area contributed by atoms with Gasteiger partial charge in [0, 0.05) is 10.6 Å². The van der Waals surface area contributed by atoms with E-state index < -0.39 is 5.97 Å². The summed E-state index contributed by atoms with van der Waals surface area (Å²) in [4.78, 5) is 10.8. The zero-order chi connectivity index (χ0) is 15.4. The summed E-state index contributed by atoms with van der Waals surface area (Å²) >= 11 is 9.45. The van der Waals surface area contributed by atoms with Crippen molar-refractivity contribution in [1.82, 2.24) is 0 Å². The van der Waals surface area contributed by atoms with Crippen LogP contribution in [0.25, 0.3) is 0 Å². The van der Waals surface area contributed by atoms with Crippen LogP contribution < -0.4 is 9.47 Å². The van der Waals surface area contributed by atoms with Gasteiger partial charge in [-0.25, -0.2) is 4.79 Å². The number of carbonyl (C=O) groups is 1. The van der Waals surface area contributed by atoms with Crippen molar-refractivity contribution in [3.05, 3.63) is 57.0 Å². The molecule has 0 fully saturated rings. The van der Waals surface area contributed by atoms with Crippen molar-refractivity contribution in [2.24, 2.45) is 0 Å². The molecule has 110 valence electrons. The molecule has 1 N–H and O–H groups in total. The van der Waals surface area contributed by atoms with Gasteiger partial charge in [0.1, 0.15) is 18.1 Å². The van der Waals surface area contributed by atoms with E-state index in [1.165, 1.54) is 12.1 Å². The van der Waals surface area contributed by atoms with Crippen LogP contribution in [0, 0.1) is 0 Å². The van der Waals surface area contributed by atoms with Gasteiger partial charge in [0.15, 0.2) is 0 Å². The van der Waals surface area contributed by atoms with Crippen LogP contribution >= 0.6 is 27.5 Å². The second-order valence-electron chi connectivity index (χ2n) is 4.20. The molecule has 0 aliphatic rings. The van der Waals surface area contributed by atoms with E-state index >= 15 is 0 Å². The summed E-state index contributed by atoms with van der Waals surface area (Å²) in [5.74, 6) is 0.356. The normalized spacial score (nSPS) is 10.2. The molecule has 0 radical (unpaired) electrons. The van der Waals surface area contributed by atoms with Gasteiger partial charge < -0.3 is 14.6 Å². The van der Waals surface area contributed by atoms with Crippen LogP contribution in [0.4, 0.5) is 0 Å². The number of aromatic carboxylic acids is 1. The highest BCUT2D eigenvalue weighted by Gasteiger charge is 2.09. The molecule has 0 amide bonds. The maximum absolute atomic E-state index is 10.8. The van der Waals surface area contributed by atoms with Crippen molar-refractivity contribution in [2.75, 3.05) is 7.11 Å². The van der Waals surface area contributed by atoms with Crippen molar-refractivity contribution in [3.63, 3.8) is 0 Å². The largest absolute Gasteiger partial charge is 0.497 e. The molecule has 0 heterocycles. The van der Waals surface area contributed by atoms with E-state index in [9.17, 15) is 4.79 Å². The van der Waals surface area contributed by atoms with Crippen LogP contribution in [-0.2, 0) is 6.61 Å². The molecule has 4 nitrogen and oxygen atoms in total. The predicted octanol–water partition coefficient (Wildman–Crippen LogP) is 4.39. The molecule has 0 atom stereocenters. The zero-order valence-corrected chi connectivity index (χ0v) is 13.4. The molecule has 2 rings (SSSR count). The molecule has 0 aliphatic carbocycles. The van der Waals surface area contributed by atoms with E-state index in [0.717, 1.165) is 10.2 Å². The molecular formula is C15H12BrClO4. The summed E-state index contributed by atoms with van der Waals surface area (Å²) in [5, 5.41) is 9.25. The van der Waals surface area contributed by atoms with Crippen molar-refractivity contribution >= 4 is 33.5 Å². The maximum Gasteiger partial charge on any atom is 0.335 e. The third kappa shape index (κ3) is 3.89. The van der Waals surface area contributed by atoms with Crippen LogP contribution in [0.2, 0.25) is 5.02 Å². The maximum atomic E-state index is 10.8. The van der Waals surface area contributed by atoms with Gasteiger partial charge in [-0.05, 0) is 46.3 Å². The highest BCUT2D eigenvalue weighted by Crippen LogP contribution is 2.30. The smallest absolute Gasteiger partial charge is 0.335 e. The minimum atomic E-state index is -1.01. The fourth-order valence-electron chi connectivity index (χ4n) is 1.68. The summed E-state index contributed by atoms with van der Waals surface area (Å²) in [6, 6.07) is 9.91. The molecule has 0 spiro atoms. The first kappa shape index (κ1) is 15.7.